The molecule has 1 aromatic rings. The van der Waals surface area contributed by atoms with Crippen molar-refractivity contribution in [1.29, 1.82) is 0 Å². The van der Waals surface area contributed by atoms with E-state index in [0.29, 0.717) is 13.2 Å². The molecule has 8 nitrogen and oxygen atoms in total. The molecule has 0 aliphatic rings. The standard InChI is InChI=1S/C13H23N3O5.C7H8.C2H6/c1-3-10(8-17)6-15-13(19)7-16-21-11(5-12(14)18)9-20-4-2;1-7-5-3-2-4-6-7;1-2/h5,7,10,17H,3-4,6,8-9H2,1-2H3,(H2,14,18)(H,15,19);2-6H,1H3;1-2H3/b11-5+,16-7+;;. The van der Waals surface area contributed by atoms with Gasteiger partial charge in [-0.2, -0.15) is 0 Å². The highest BCUT2D eigenvalue weighted by atomic mass is 16.6. The minimum Gasteiger partial charge on any atom is -0.396 e. The van der Waals surface area contributed by atoms with Crippen molar-refractivity contribution < 1.29 is 24.3 Å². The second-order valence-corrected chi connectivity index (χ2v) is 5.83. The number of amides is 2. The third-order valence-corrected chi connectivity index (χ3v) is 3.43. The molecule has 2 amide bonds. The molecule has 170 valence electrons. The van der Waals surface area contributed by atoms with Gasteiger partial charge in [0, 0.05) is 25.8 Å². The fourth-order valence-corrected chi connectivity index (χ4v) is 1.76. The van der Waals surface area contributed by atoms with Crippen LogP contribution in [-0.2, 0) is 19.2 Å². The number of hydrogen-bond acceptors (Lipinski definition) is 6. The van der Waals surface area contributed by atoms with E-state index >= 15 is 0 Å². The lowest BCUT2D eigenvalue weighted by atomic mass is 10.1. The fourth-order valence-electron chi connectivity index (χ4n) is 1.76. The van der Waals surface area contributed by atoms with Gasteiger partial charge in [0.2, 0.25) is 5.91 Å². The summed E-state index contributed by atoms with van der Waals surface area (Å²) in [5, 5.41) is 15.0. The van der Waals surface area contributed by atoms with Gasteiger partial charge in [-0.1, -0.05) is 61.8 Å². The first-order chi connectivity index (χ1) is 14.4. The highest BCUT2D eigenvalue weighted by Gasteiger charge is 2.06. The van der Waals surface area contributed by atoms with Crippen LogP contribution in [0.15, 0.2) is 47.3 Å². The quantitative estimate of drug-likeness (QED) is 0.218. The zero-order valence-electron chi connectivity index (χ0n) is 18.8. The van der Waals surface area contributed by atoms with Gasteiger partial charge in [0.05, 0.1) is 0 Å². The van der Waals surface area contributed by atoms with Crippen molar-refractivity contribution in [2.45, 2.75) is 41.0 Å². The Morgan fingerprint density at radius 1 is 1.23 bits per heavy atom. The molecule has 0 aromatic heterocycles. The van der Waals surface area contributed by atoms with Gasteiger partial charge in [0.1, 0.15) is 12.8 Å². The van der Waals surface area contributed by atoms with E-state index in [0.717, 1.165) is 18.7 Å². The molecule has 0 saturated carbocycles. The van der Waals surface area contributed by atoms with Crippen molar-refractivity contribution in [3.63, 3.8) is 0 Å². The molecular weight excluding hydrogens is 386 g/mol. The lowest BCUT2D eigenvalue weighted by Gasteiger charge is -2.10. The van der Waals surface area contributed by atoms with E-state index in [4.69, 9.17) is 20.4 Å². The van der Waals surface area contributed by atoms with Crippen LogP contribution in [0.25, 0.3) is 0 Å². The molecule has 1 aromatic carbocycles. The first-order valence-corrected chi connectivity index (χ1v) is 10.1. The summed E-state index contributed by atoms with van der Waals surface area (Å²) < 4.78 is 5.06. The normalized spacial score (nSPS) is 11.5. The number of carbonyl (C=O) groups is 2. The smallest absolute Gasteiger partial charge is 0.265 e. The Hall–Kier alpha value is -2.71. The Balaban J connectivity index is 0. The summed E-state index contributed by atoms with van der Waals surface area (Å²) in [6, 6.07) is 10.3. The topological polar surface area (TPSA) is 123 Å². The minimum atomic E-state index is -0.696. The minimum absolute atomic E-state index is 0.00424. The number of ether oxygens (including phenoxy) is 1. The predicted molar refractivity (Wildman–Crippen MR) is 120 cm³/mol. The van der Waals surface area contributed by atoms with Crippen molar-refractivity contribution >= 4 is 18.0 Å². The first-order valence-electron chi connectivity index (χ1n) is 10.1. The van der Waals surface area contributed by atoms with E-state index in [-0.39, 0.29) is 24.9 Å². The van der Waals surface area contributed by atoms with E-state index in [1.807, 2.05) is 39.0 Å². The number of nitrogens with two attached hydrogens (primary N) is 1. The third kappa shape index (κ3) is 18.6. The summed E-state index contributed by atoms with van der Waals surface area (Å²) in [5.41, 5.74) is 6.32. The Morgan fingerprint density at radius 2 is 1.87 bits per heavy atom. The Labute approximate surface area is 180 Å². The van der Waals surface area contributed by atoms with Gasteiger partial charge in [0.25, 0.3) is 5.91 Å². The van der Waals surface area contributed by atoms with Gasteiger partial charge >= 0.3 is 0 Å². The summed E-state index contributed by atoms with van der Waals surface area (Å²) in [6.45, 7) is 10.6. The average Bonchev–Trinajstić information content (AvgIpc) is 2.74. The lowest BCUT2D eigenvalue weighted by molar-refractivity contribution is -0.115. The molecule has 0 bridgehead atoms. The maximum atomic E-state index is 11.4. The Morgan fingerprint density at radius 3 is 2.30 bits per heavy atom. The van der Waals surface area contributed by atoms with Crippen LogP contribution in [0.4, 0.5) is 0 Å². The number of nitrogens with zero attached hydrogens (tertiary/aromatic N) is 1. The lowest BCUT2D eigenvalue weighted by Crippen LogP contribution is -2.31. The number of oxime groups is 1. The summed E-state index contributed by atoms with van der Waals surface area (Å²) in [7, 11) is 0. The van der Waals surface area contributed by atoms with Crippen molar-refractivity contribution in [2.24, 2.45) is 16.8 Å². The highest BCUT2D eigenvalue weighted by molar-refractivity contribution is 6.26. The number of rotatable bonds is 11. The molecule has 1 unspecified atom stereocenters. The zero-order valence-corrected chi connectivity index (χ0v) is 18.8. The number of nitrogens with one attached hydrogen (secondary N) is 1. The van der Waals surface area contributed by atoms with Crippen molar-refractivity contribution in [2.75, 3.05) is 26.4 Å². The molecule has 0 saturated heterocycles. The number of primary amides is 1. The summed E-state index contributed by atoms with van der Waals surface area (Å²) >= 11 is 0. The molecule has 0 radical (unpaired) electrons. The number of hydrogen-bond donors (Lipinski definition) is 3. The van der Waals surface area contributed by atoms with Crippen molar-refractivity contribution in [3.8, 4) is 0 Å². The summed E-state index contributed by atoms with van der Waals surface area (Å²) in [4.78, 5) is 27.1. The van der Waals surface area contributed by atoms with E-state index in [1.165, 1.54) is 5.56 Å². The van der Waals surface area contributed by atoms with E-state index in [1.54, 1.807) is 6.92 Å². The molecular formula is C22H37N3O5. The zero-order chi connectivity index (χ0) is 23.2. The van der Waals surface area contributed by atoms with Crippen LogP contribution in [-0.4, -0.2) is 49.5 Å². The van der Waals surface area contributed by atoms with Crippen LogP contribution in [0.3, 0.4) is 0 Å². The van der Waals surface area contributed by atoms with Gasteiger partial charge in [-0.3, -0.25) is 9.59 Å². The monoisotopic (exact) mass is 423 g/mol. The predicted octanol–water partition coefficient (Wildman–Crippen LogP) is 2.55. The average molecular weight is 424 g/mol. The Bertz CT molecular complexity index is 614. The van der Waals surface area contributed by atoms with Crippen molar-refractivity contribution in [3.05, 3.63) is 47.7 Å². The van der Waals surface area contributed by atoms with E-state index < -0.39 is 11.8 Å². The van der Waals surface area contributed by atoms with Crippen LogP contribution in [0, 0.1) is 12.8 Å². The highest BCUT2D eigenvalue weighted by Crippen LogP contribution is 1.99. The van der Waals surface area contributed by atoms with Crippen LogP contribution < -0.4 is 11.1 Å². The largest absolute Gasteiger partial charge is 0.396 e. The first kappa shape index (κ1) is 29.5. The van der Waals surface area contributed by atoms with Gasteiger partial charge < -0.3 is 25.7 Å². The number of benzene rings is 1. The van der Waals surface area contributed by atoms with Crippen LogP contribution in [0.5, 0.6) is 0 Å². The van der Waals surface area contributed by atoms with Gasteiger partial charge in [-0.25, -0.2) is 0 Å². The molecule has 0 aliphatic heterocycles. The Kier molecular flexibility index (Phi) is 20.7. The molecule has 0 fully saturated rings. The molecule has 4 N–H and O–H groups in total. The van der Waals surface area contributed by atoms with Crippen LogP contribution >= 0.6 is 0 Å². The summed E-state index contributed by atoms with van der Waals surface area (Å²) in [6.07, 6.45) is 2.72. The molecule has 1 atom stereocenters. The molecule has 1 rings (SSSR count). The van der Waals surface area contributed by atoms with Gasteiger partial charge in [-0.15, -0.1) is 0 Å². The second-order valence-electron chi connectivity index (χ2n) is 5.83. The molecule has 8 heteroatoms. The van der Waals surface area contributed by atoms with E-state index in [2.05, 4.69) is 29.5 Å². The molecule has 0 heterocycles. The number of aliphatic hydroxyl groups is 1. The van der Waals surface area contributed by atoms with E-state index in [9.17, 15) is 9.59 Å². The fraction of sp³-hybridized carbons (Fsp3) is 0.500. The van der Waals surface area contributed by atoms with Gasteiger partial charge in [-0.05, 0) is 26.2 Å². The molecule has 0 spiro atoms. The number of carbonyl (C=O) groups excluding carboxylic acids is 2. The van der Waals surface area contributed by atoms with Crippen molar-refractivity contribution in [1.82, 2.24) is 5.32 Å². The van der Waals surface area contributed by atoms with Crippen LogP contribution in [0.1, 0.15) is 39.7 Å². The molecule has 0 aliphatic carbocycles. The summed E-state index contributed by atoms with van der Waals surface area (Å²) in [5.74, 6) is -1.04. The maximum Gasteiger partial charge on any atom is 0.265 e. The van der Waals surface area contributed by atoms with Crippen LogP contribution in [0.2, 0.25) is 0 Å². The maximum absolute atomic E-state index is 11.4. The third-order valence-electron chi connectivity index (χ3n) is 3.43. The molecule has 30 heavy (non-hydrogen) atoms. The SMILES string of the molecule is CC.CCOC/C(=C\C(N)=O)O/N=C/C(=O)NCC(CC)CO.Cc1ccccc1. The number of aryl methyl sites for hydroxylation is 1. The number of aliphatic hydroxyl groups excluding tert-OH is 1. The van der Waals surface area contributed by atoms with Gasteiger partial charge in [0.15, 0.2) is 5.76 Å². The second kappa shape index (κ2) is 21.0.